The zero-order valence-corrected chi connectivity index (χ0v) is 17.0. The fraction of sp³-hybridized carbons (Fsp3) is 0.190. The van der Waals surface area contributed by atoms with Gasteiger partial charge >= 0.3 is 0 Å². The monoisotopic (exact) mass is 425 g/mol. The van der Waals surface area contributed by atoms with E-state index in [2.05, 4.69) is 15.5 Å². The third-order valence-electron chi connectivity index (χ3n) is 4.62. The van der Waals surface area contributed by atoms with Crippen molar-refractivity contribution in [3.8, 4) is 0 Å². The maximum absolute atomic E-state index is 13.8. The molecule has 0 saturated heterocycles. The number of hydrogen-bond acceptors (Lipinski definition) is 6. The molecule has 1 unspecified atom stereocenters. The van der Waals surface area contributed by atoms with Crippen molar-refractivity contribution in [1.29, 1.82) is 0 Å². The first-order valence-electron chi connectivity index (χ1n) is 9.34. The van der Waals surface area contributed by atoms with Crippen LogP contribution >= 0.6 is 11.8 Å². The van der Waals surface area contributed by atoms with Gasteiger partial charge in [0.2, 0.25) is 11.1 Å². The minimum atomic E-state index is -0.325. The second kappa shape index (κ2) is 8.58. The maximum atomic E-state index is 13.8. The molecule has 0 spiro atoms. The van der Waals surface area contributed by atoms with Gasteiger partial charge in [-0.15, -0.1) is 10.2 Å². The summed E-state index contributed by atoms with van der Waals surface area (Å²) in [7, 11) is 0. The number of nitrogens with zero attached hydrogens (tertiary/aromatic N) is 3. The van der Waals surface area contributed by atoms with E-state index in [4.69, 9.17) is 10.3 Å². The second-order valence-corrected chi connectivity index (χ2v) is 7.74. The minimum absolute atomic E-state index is 0.111. The number of nitrogens with one attached hydrogen (secondary N) is 1. The van der Waals surface area contributed by atoms with Gasteiger partial charge in [-0.3, -0.25) is 4.79 Å². The van der Waals surface area contributed by atoms with Crippen LogP contribution in [0.1, 0.15) is 30.1 Å². The molecule has 2 heterocycles. The summed E-state index contributed by atoms with van der Waals surface area (Å²) in [6, 6.07) is 15.7. The van der Waals surface area contributed by atoms with Gasteiger partial charge in [0.05, 0.1) is 11.8 Å². The number of thioether (sulfide) groups is 1. The van der Waals surface area contributed by atoms with Crippen LogP contribution in [0, 0.1) is 5.82 Å². The maximum Gasteiger partial charge on any atom is 0.231 e. The number of rotatable bonds is 7. The highest BCUT2D eigenvalue weighted by atomic mass is 32.2. The molecule has 7 nitrogen and oxygen atoms in total. The van der Waals surface area contributed by atoms with Gasteiger partial charge in [-0.05, 0) is 30.7 Å². The molecule has 0 aliphatic rings. The first-order chi connectivity index (χ1) is 14.5. The van der Waals surface area contributed by atoms with E-state index in [-0.39, 0.29) is 29.9 Å². The molecule has 4 aromatic rings. The van der Waals surface area contributed by atoms with E-state index >= 15 is 0 Å². The molecule has 30 heavy (non-hydrogen) atoms. The van der Waals surface area contributed by atoms with Gasteiger partial charge in [0.1, 0.15) is 17.2 Å². The first kappa shape index (κ1) is 20.0. The van der Waals surface area contributed by atoms with Crippen molar-refractivity contribution in [1.82, 2.24) is 20.2 Å². The molecule has 154 valence electrons. The van der Waals surface area contributed by atoms with Crippen LogP contribution in [0.4, 0.5) is 4.39 Å². The van der Waals surface area contributed by atoms with Crippen LogP contribution in [0.5, 0.6) is 0 Å². The highest BCUT2D eigenvalue weighted by Crippen LogP contribution is 2.24. The number of nitrogen functional groups attached to an aromatic ring is 1. The van der Waals surface area contributed by atoms with E-state index in [0.717, 1.165) is 22.7 Å². The average Bonchev–Trinajstić information content (AvgIpc) is 3.32. The summed E-state index contributed by atoms with van der Waals surface area (Å²) in [5.74, 6) is 6.72. The van der Waals surface area contributed by atoms with E-state index in [0.29, 0.717) is 22.3 Å². The summed E-state index contributed by atoms with van der Waals surface area (Å²) < 4.78 is 20.9. The van der Waals surface area contributed by atoms with Crippen LogP contribution in [0.3, 0.4) is 0 Å². The topological polar surface area (TPSA) is 99.0 Å². The number of fused-ring (bicyclic) bond motifs is 1. The van der Waals surface area contributed by atoms with Crippen LogP contribution < -0.4 is 11.2 Å². The molecule has 1 amide bonds. The van der Waals surface area contributed by atoms with Crippen molar-refractivity contribution in [2.45, 2.75) is 24.5 Å². The molecule has 2 aromatic heterocycles. The normalized spacial score (nSPS) is 12.2. The lowest BCUT2D eigenvalue weighted by Gasteiger charge is -2.11. The summed E-state index contributed by atoms with van der Waals surface area (Å²) >= 11 is 1.16. The molecule has 0 radical (unpaired) electrons. The molecule has 2 aromatic carbocycles. The van der Waals surface area contributed by atoms with Gasteiger partial charge < -0.3 is 15.6 Å². The largest absolute Gasteiger partial charge is 0.459 e. The summed E-state index contributed by atoms with van der Waals surface area (Å²) in [5.41, 5.74) is 1.26. The number of carbonyl (C=O) groups excluding carboxylic acids is 1. The predicted molar refractivity (Wildman–Crippen MR) is 113 cm³/mol. The molecule has 0 aliphatic carbocycles. The zero-order valence-electron chi connectivity index (χ0n) is 16.2. The molecule has 4 rings (SSSR count). The fourth-order valence-corrected chi connectivity index (χ4v) is 3.73. The lowest BCUT2D eigenvalue weighted by Crippen LogP contribution is -2.28. The number of furan rings is 1. The number of para-hydroxylation sites is 1. The lowest BCUT2D eigenvalue weighted by atomic mass is 10.1. The Morgan fingerprint density at radius 3 is 2.80 bits per heavy atom. The Bertz CT molecular complexity index is 1160. The van der Waals surface area contributed by atoms with Gasteiger partial charge in [0, 0.05) is 11.8 Å². The Morgan fingerprint density at radius 1 is 1.23 bits per heavy atom. The number of nitrogens with two attached hydrogens (primary N) is 1. The minimum Gasteiger partial charge on any atom is -0.459 e. The van der Waals surface area contributed by atoms with Crippen molar-refractivity contribution < 1.29 is 13.6 Å². The number of hydrogen-bond donors (Lipinski definition) is 2. The third-order valence-corrected chi connectivity index (χ3v) is 5.57. The molecule has 1 atom stereocenters. The quantitative estimate of drug-likeness (QED) is 0.348. The first-order valence-corrected chi connectivity index (χ1v) is 10.3. The molecule has 0 fully saturated rings. The summed E-state index contributed by atoms with van der Waals surface area (Å²) in [5, 5.41) is 12.3. The Balaban J connectivity index is 1.34. The van der Waals surface area contributed by atoms with Crippen LogP contribution in [0.15, 0.2) is 64.2 Å². The molecular formula is C21H20FN5O2S. The third kappa shape index (κ3) is 4.30. The zero-order chi connectivity index (χ0) is 21.1. The van der Waals surface area contributed by atoms with Gasteiger partial charge in [0.25, 0.3) is 0 Å². The fourth-order valence-electron chi connectivity index (χ4n) is 3.04. The van der Waals surface area contributed by atoms with E-state index in [1.807, 2.05) is 37.3 Å². The SMILES string of the molecule is CC(NC(=O)CSc1nnc(Cc2ccccc2F)n1N)c1cc2ccccc2o1. The Labute approximate surface area is 176 Å². The predicted octanol–water partition coefficient (Wildman–Crippen LogP) is 3.44. The summed E-state index contributed by atoms with van der Waals surface area (Å²) in [6.07, 6.45) is 0.214. The highest BCUT2D eigenvalue weighted by molar-refractivity contribution is 7.99. The molecular weight excluding hydrogens is 405 g/mol. The van der Waals surface area contributed by atoms with Crippen molar-refractivity contribution >= 4 is 28.6 Å². The number of benzene rings is 2. The number of amides is 1. The van der Waals surface area contributed by atoms with Crippen LogP contribution in [-0.4, -0.2) is 26.5 Å². The standard InChI is InChI=1S/C21H20FN5O2S/c1-13(18-10-15-7-3-5-9-17(15)29-18)24-20(28)12-30-21-26-25-19(27(21)23)11-14-6-2-4-8-16(14)22/h2-10,13H,11-12,23H2,1H3,(H,24,28). The second-order valence-electron chi connectivity index (χ2n) is 6.80. The van der Waals surface area contributed by atoms with Crippen LogP contribution in [0.25, 0.3) is 11.0 Å². The molecule has 0 aliphatic heterocycles. The molecule has 0 saturated carbocycles. The van der Waals surface area contributed by atoms with Crippen molar-refractivity contribution in [3.05, 3.63) is 77.6 Å². The Hall–Kier alpha value is -3.33. The van der Waals surface area contributed by atoms with Crippen molar-refractivity contribution in [2.24, 2.45) is 0 Å². The van der Waals surface area contributed by atoms with Crippen molar-refractivity contribution in [3.63, 3.8) is 0 Å². The van der Waals surface area contributed by atoms with Gasteiger partial charge in [0.15, 0.2) is 5.82 Å². The Kier molecular flexibility index (Phi) is 5.71. The van der Waals surface area contributed by atoms with Gasteiger partial charge in [-0.2, -0.15) is 0 Å². The molecule has 3 N–H and O–H groups in total. The van der Waals surface area contributed by atoms with Crippen LogP contribution in [-0.2, 0) is 11.2 Å². The summed E-state index contributed by atoms with van der Waals surface area (Å²) in [6.45, 7) is 1.86. The Morgan fingerprint density at radius 2 is 2.00 bits per heavy atom. The molecule has 0 bridgehead atoms. The van der Waals surface area contributed by atoms with E-state index in [9.17, 15) is 9.18 Å². The number of halogens is 1. The van der Waals surface area contributed by atoms with Crippen LogP contribution in [0.2, 0.25) is 0 Å². The smallest absolute Gasteiger partial charge is 0.231 e. The lowest BCUT2D eigenvalue weighted by molar-refractivity contribution is -0.119. The van der Waals surface area contributed by atoms with E-state index in [1.54, 1.807) is 18.2 Å². The average molecular weight is 425 g/mol. The highest BCUT2D eigenvalue weighted by Gasteiger charge is 2.17. The van der Waals surface area contributed by atoms with Gasteiger partial charge in [-0.1, -0.05) is 48.2 Å². The van der Waals surface area contributed by atoms with Crippen molar-refractivity contribution in [2.75, 3.05) is 11.6 Å². The number of carbonyl (C=O) groups is 1. The molecule has 9 heteroatoms. The summed E-state index contributed by atoms with van der Waals surface area (Å²) in [4.78, 5) is 12.3. The van der Waals surface area contributed by atoms with E-state index in [1.165, 1.54) is 10.7 Å². The number of aromatic nitrogens is 3. The van der Waals surface area contributed by atoms with Gasteiger partial charge in [-0.25, -0.2) is 9.07 Å². The van der Waals surface area contributed by atoms with E-state index < -0.39 is 0 Å².